The van der Waals surface area contributed by atoms with Crippen LogP contribution in [0, 0.1) is 23.7 Å². The zero-order valence-electron chi connectivity index (χ0n) is 16.4. The fraction of sp³-hybridized carbons (Fsp3) is 0.304. The fourth-order valence-electron chi connectivity index (χ4n) is 4.39. The molecule has 2 aliphatic rings. The van der Waals surface area contributed by atoms with Crippen molar-refractivity contribution < 1.29 is 19.1 Å². The maximum absolute atomic E-state index is 13.1. The molecule has 0 heterocycles. The summed E-state index contributed by atoms with van der Waals surface area (Å²) < 4.78 is 10.4. The van der Waals surface area contributed by atoms with Gasteiger partial charge in [-0.05, 0) is 42.5 Å². The van der Waals surface area contributed by atoms with Crippen LogP contribution in [0.3, 0.4) is 0 Å². The number of fused-ring (bicyclic) bond motifs is 2. The highest BCUT2D eigenvalue weighted by atomic mass is 16.5. The van der Waals surface area contributed by atoms with Gasteiger partial charge in [0.25, 0.3) is 0 Å². The van der Waals surface area contributed by atoms with Crippen molar-refractivity contribution in [3.05, 3.63) is 60.7 Å². The van der Waals surface area contributed by atoms with Crippen LogP contribution >= 0.6 is 0 Å². The maximum Gasteiger partial charge on any atom is 0.228 e. The summed E-state index contributed by atoms with van der Waals surface area (Å²) in [5, 5.41) is 5.92. The molecule has 2 aromatic rings. The molecular weight excluding hydrogens is 368 g/mol. The smallest absolute Gasteiger partial charge is 0.228 e. The first-order valence-electron chi connectivity index (χ1n) is 9.67. The number of anilines is 2. The standard InChI is InChI=1S/C23H24N2O4/c1-28-18-7-3-5-16(12-18)24-22(26)20-14-9-10-15(11-14)21(20)23(27)25-17-6-4-8-19(13-17)29-2/h3-10,12-15,20-21H,11H2,1-2H3,(H,24,26)(H,25,27)/t14-,15+,20-,21-/m0/s1. The summed E-state index contributed by atoms with van der Waals surface area (Å²) in [4.78, 5) is 26.2. The lowest BCUT2D eigenvalue weighted by atomic mass is 9.81. The molecule has 0 saturated heterocycles. The Kier molecular flexibility index (Phi) is 5.25. The largest absolute Gasteiger partial charge is 0.497 e. The van der Waals surface area contributed by atoms with Crippen molar-refractivity contribution >= 4 is 23.2 Å². The highest BCUT2D eigenvalue weighted by Gasteiger charge is 2.51. The normalized spacial score (nSPS) is 24.2. The molecular formula is C23H24N2O4. The molecule has 0 aliphatic heterocycles. The van der Waals surface area contributed by atoms with Gasteiger partial charge in [-0.15, -0.1) is 0 Å². The van der Waals surface area contributed by atoms with Crippen molar-refractivity contribution in [2.24, 2.45) is 23.7 Å². The number of ether oxygens (including phenoxy) is 2. The van der Waals surface area contributed by atoms with E-state index in [1.54, 1.807) is 26.4 Å². The Balaban J connectivity index is 1.51. The number of benzene rings is 2. The Hall–Kier alpha value is -3.28. The molecule has 6 heteroatoms. The molecule has 2 amide bonds. The van der Waals surface area contributed by atoms with Crippen LogP contribution in [0.5, 0.6) is 11.5 Å². The van der Waals surface area contributed by atoms with E-state index in [9.17, 15) is 9.59 Å². The van der Waals surface area contributed by atoms with E-state index in [0.717, 1.165) is 6.42 Å². The summed E-state index contributed by atoms with van der Waals surface area (Å²) in [6, 6.07) is 14.5. The molecule has 0 aromatic heterocycles. The molecule has 4 atom stereocenters. The third-order valence-corrected chi connectivity index (χ3v) is 5.74. The molecule has 2 bridgehead atoms. The van der Waals surface area contributed by atoms with Gasteiger partial charge in [-0.2, -0.15) is 0 Å². The van der Waals surface area contributed by atoms with Crippen molar-refractivity contribution in [2.75, 3.05) is 24.9 Å². The summed E-state index contributed by atoms with van der Waals surface area (Å²) in [5.41, 5.74) is 1.32. The lowest BCUT2D eigenvalue weighted by Gasteiger charge is -2.26. The molecule has 1 fully saturated rings. The zero-order chi connectivity index (χ0) is 20.4. The van der Waals surface area contributed by atoms with Crippen molar-refractivity contribution in [1.82, 2.24) is 0 Å². The zero-order valence-corrected chi connectivity index (χ0v) is 16.4. The minimum absolute atomic E-state index is 0.0756. The number of hydrogen-bond acceptors (Lipinski definition) is 4. The topological polar surface area (TPSA) is 76.7 Å². The first kappa shape index (κ1) is 19.1. The maximum atomic E-state index is 13.1. The molecule has 4 rings (SSSR count). The number of methoxy groups -OCH3 is 2. The van der Waals surface area contributed by atoms with E-state index in [1.807, 2.05) is 36.4 Å². The summed E-state index contributed by atoms with van der Waals surface area (Å²) >= 11 is 0. The predicted octanol–water partition coefficient (Wildman–Crippen LogP) is 3.72. The van der Waals surface area contributed by atoms with Gasteiger partial charge in [0, 0.05) is 23.5 Å². The number of carbonyl (C=O) groups is 2. The molecule has 2 aromatic carbocycles. The Bertz CT molecular complexity index is 880. The van der Waals surface area contributed by atoms with E-state index in [4.69, 9.17) is 9.47 Å². The van der Waals surface area contributed by atoms with Crippen LogP contribution in [0.15, 0.2) is 60.7 Å². The Morgan fingerprint density at radius 2 is 1.24 bits per heavy atom. The predicted molar refractivity (Wildman–Crippen MR) is 111 cm³/mol. The summed E-state index contributed by atoms with van der Waals surface area (Å²) in [6.07, 6.45) is 4.96. The first-order chi connectivity index (χ1) is 14.1. The lowest BCUT2D eigenvalue weighted by Crippen LogP contribution is -2.39. The van der Waals surface area contributed by atoms with Crippen molar-refractivity contribution in [3.63, 3.8) is 0 Å². The van der Waals surface area contributed by atoms with Gasteiger partial charge in [0.05, 0.1) is 26.1 Å². The van der Waals surface area contributed by atoms with E-state index in [-0.39, 0.29) is 23.7 Å². The van der Waals surface area contributed by atoms with Crippen LogP contribution in [-0.4, -0.2) is 26.0 Å². The van der Waals surface area contributed by atoms with Crippen LogP contribution in [-0.2, 0) is 9.59 Å². The van der Waals surface area contributed by atoms with Crippen LogP contribution in [0.4, 0.5) is 11.4 Å². The quantitative estimate of drug-likeness (QED) is 0.735. The summed E-state index contributed by atoms with van der Waals surface area (Å²) in [6.45, 7) is 0. The van der Waals surface area contributed by atoms with E-state index in [0.29, 0.717) is 22.9 Å². The Morgan fingerprint density at radius 1 is 0.793 bits per heavy atom. The molecule has 0 radical (unpaired) electrons. The molecule has 2 N–H and O–H groups in total. The number of rotatable bonds is 6. The van der Waals surface area contributed by atoms with Gasteiger partial charge in [0.1, 0.15) is 11.5 Å². The van der Waals surface area contributed by atoms with Crippen molar-refractivity contribution in [3.8, 4) is 11.5 Å². The number of hydrogen-bond donors (Lipinski definition) is 2. The highest BCUT2D eigenvalue weighted by molar-refractivity contribution is 6.01. The van der Waals surface area contributed by atoms with Crippen LogP contribution < -0.4 is 20.1 Å². The minimum Gasteiger partial charge on any atom is -0.497 e. The molecule has 29 heavy (non-hydrogen) atoms. The third kappa shape index (κ3) is 3.83. The molecule has 1 saturated carbocycles. The lowest BCUT2D eigenvalue weighted by molar-refractivity contribution is -0.129. The molecule has 0 spiro atoms. The van der Waals surface area contributed by atoms with Gasteiger partial charge in [-0.3, -0.25) is 9.59 Å². The van der Waals surface area contributed by atoms with Crippen LogP contribution in [0.1, 0.15) is 6.42 Å². The van der Waals surface area contributed by atoms with Crippen molar-refractivity contribution in [1.29, 1.82) is 0 Å². The average Bonchev–Trinajstić information content (AvgIpc) is 3.35. The number of nitrogens with one attached hydrogen (secondary N) is 2. The van der Waals surface area contributed by atoms with E-state index in [2.05, 4.69) is 22.8 Å². The minimum atomic E-state index is -0.401. The van der Waals surface area contributed by atoms with Gasteiger partial charge in [-0.1, -0.05) is 24.3 Å². The molecule has 6 nitrogen and oxygen atoms in total. The third-order valence-electron chi connectivity index (χ3n) is 5.74. The summed E-state index contributed by atoms with van der Waals surface area (Å²) in [7, 11) is 3.17. The van der Waals surface area contributed by atoms with E-state index >= 15 is 0 Å². The van der Waals surface area contributed by atoms with Crippen LogP contribution in [0.2, 0.25) is 0 Å². The SMILES string of the molecule is COc1cccc(NC(=O)[C@@H]2[C@@H](C(=O)Nc3cccc(OC)c3)[C@H]3C=C[C@@H]2C3)c1. The fourth-order valence-corrected chi connectivity index (χ4v) is 4.39. The highest BCUT2D eigenvalue weighted by Crippen LogP contribution is 2.48. The van der Waals surface area contributed by atoms with Crippen molar-refractivity contribution in [2.45, 2.75) is 6.42 Å². The first-order valence-corrected chi connectivity index (χ1v) is 9.67. The van der Waals surface area contributed by atoms with Gasteiger partial charge >= 0.3 is 0 Å². The number of carbonyl (C=O) groups excluding carboxylic acids is 2. The van der Waals surface area contributed by atoms with Gasteiger partial charge in [0.2, 0.25) is 11.8 Å². The molecule has 0 unspecified atom stereocenters. The summed E-state index contributed by atoms with van der Waals surface area (Å²) in [5.74, 6) is 0.412. The second kappa shape index (κ2) is 7.99. The van der Waals surface area contributed by atoms with E-state index in [1.165, 1.54) is 0 Å². The second-order valence-electron chi connectivity index (χ2n) is 7.44. The Morgan fingerprint density at radius 3 is 1.66 bits per heavy atom. The number of amides is 2. The van der Waals surface area contributed by atoms with E-state index < -0.39 is 11.8 Å². The molecule has 2 aliphatic carbocycles. The number of allylic oxidation sites excluding steroid dienone is 2. The molecule has 150 valence electrons. The average molecular weight is 392 g/mol. The van der Waals surface area contributed by atoms with Gasteiger partial charge in [0.15, 0.2) is 0 Å². The monoisotopic (exact) mass is 392 g/mol. The van der Waals surface area contributed by atoms with Crippen LogP contribution in [0.25, 0.3) is 0 Å². The second-order valence-corrected chi connectivity index (χ2v) is 7.44. The van der Waals surface area contributed by atoms with Gasteiger partial charge in [-0.25, -0.2) is 0 Å². The van der Waals surface area contributed by atoms with Gasteiger partial charge < -0.3 is 20.1 Å². The Labute approximate surface area is 169 Å².